The minimum atomic E-state index is -0.698. The lowest BCUT2D eigenvalue weighted by molar-refractivity contribution is -0.0754. The molecule has 1 N–H and O–H groups in total. The predicted octanol–water partition coefficient (Wildman–Crippen LogP) is 3.50. The molecule has 0 amide bonds. The fraction of sp³-hybridized carbons (Fsp3) is 0.520. The van der Waals surface area contributed by atoms with Crippen molar-refractivity contribution in [2.24, 2.45) is 10.8 Å². The molecule has 162 valence electrons. The van der Waals surface area contributed by atoms with Gasteiger partial charge in [-0.2, -0.15) is 15.5 Å². The van der Waals surface area contributed by atoms with Crippen LogP contribution in [0.2, 0.25) is 0 Å². The van der Waals surface area contributed by atoms with Crippen molar-refractivity contribution in [1.29, 1.82) is 5.26 Å². The van der Waals surface area contributed by atoms with Gasteiger partial charge in [-0.3, -0.25) is 0 Å². The number of nitrogens with zero attached hydrogens (tertiary/aromatic N) is 6. The van der Waals surface area contributed by atoms with E-state index in [2.05, 4.69) is 44.5 Å². The van der Waals surface area contributed by atoms with E-state index in [4.69, 9.17) is 0 Å². The Morgan fingerprint density at radius 3 is 2.66 bits per heavy atom. The number of aliphatic hydroxyl groups is 1. The molecule has 7 nitrogen and oxygen atoms in total. The molecule has 2 saturated heterocycles. The average molecular weight is 427 g/mol. The number of nitriles is 1. The summed E-state index contributed by atoms with van der Waals surface area (Å²) in [6.07, 6.45) is 8.92. The Labute approximate surface area is 186 Å². The molecule has 3 saturated carbocycles. The van der Waals surface area contributed by atoms with Crippen molar-refractivity contribution in [2.75, 3.05) is 11.4 Å². The average Bonchev–Trinajstić information content (AvgIpc) is 3.44. The number of rotatable bonds is 4. The van der Waals surface area contributed by atoms with E-state index in [1.54, 1.807) is 6.20 Å². The van der Waals surface area contributed by atoms with Gasteiger partial charge in [-0.1, -0.05) is 12.1 Å². The molecule has 2 aliphatic heterocycles. The molecule has 2 bridgehead atoms. The van der Waals surface area contributed by atoms with Crippen LogP contribution in [0, 0.1) is 22.2 Å². The van der Waals surface area contributed by atoms with Gasteiger partial charge >= 0.3 is 0 Å². The molecule has 4 heterocycles. The van der Waals surface area contributed by atoms with Crippen LogP contribution in [0.25, 0.3) is 16.6 Å². The summed E-state index contributed by atoms with van der Waals surface area (Å²) in [6.45, 7) is 4.64. The fourth-order valence-electron chi connectivity index (χ4n) is 6.55. The molecule has 8 rings (SSSR count). The SMILES string of the molecule is CC(C)(O)C12CC(C1)N(c1cc(-n3ncc4ccc([C@]5(C#N)CC56CC6)cc43)cnn1)C2. The standard InChI is InChI=1S/C25H26N6O/c1-22(2,32)24-9-19(10-24)30(15-24)21-8-18(12-27-29-21)31-20-7-17(4-3-16(20)11-28-31)25(14-26)13-23(25)5-6-23/h3-4,7-8,11-12,19,32H,5-6,9-10,13,15H2,1-2H3/t19?,24?,25-/m1/s1. The molecule has 1 spiro atoms. The predicted molar refractivity (Wildman–Crippen MR) is 119 cm³/mol. The van der Waals surface area contributed by atoms with Gasteiger partial charge in [-0.25, -0.2) is 4.68 Å². The third-order valence-corrected chi connectivity index (χ3v) is 9.12. The van der Waals surface area contributed by atoms with Gasteiger partial charge in [0.1, 0.15) is 0 Å². The van der Waals surface area contributed by atoms with Gasteiger partial charge in [0.2, 0.25) is 0 Å². The van der Waals surface area contributed by atoms with Gasteiger partial charge < -0.3 is 10.0 Å². The smallest absolute Gasteiger partial charge is 0.153 e. The molecule has 2 aromatic heterocycles. The first-order chi connectivity index (χ1) is 15.3. The summed E-state index contributed by atoms with van der Waals surface area (Å²) in [5, 5.41) is 35.0. The molecular formula is C25H26N6O. The zero-order valence-electron chi connectivity index (χ0n) is 18.4. The first-order valence-corrected chi connectivity index (χ1v) is 11.5. The summed E-state index contributed by atoms with van der Waals surface area (Å²) in [5.74, 6) is 0.837. The van der Waals surface area contributed by atoms with Crippen molar-refractivity contribution in [3.8, 4) is 11.8 Å². The second-order valence-corrected chi connectivity index (χ2v) is 11.1. The Bertz CT molecular complexity index is 1320. The highest BCUT2D eigenvalue weighted by Gasteiger charge is 2.75. The summed E-state index contributed by atoms with van der Waals surface area (Å²) in [7, 11) is 0. The zero-order chi connectivity index (χ0) is 21.9. The highest BCUT2D eigenvalue weighted by Crippen LogP contribution is 2.78. The number of fused-ring (bicyclic) bond motifs is 2. The first kappa shape index (κ1) is 18.6. The summed E-state index contributed by atoms with van der Waals surface area (Å²) >= 11 is 0. The van der Waals surface area contributed by atoms with Gasteiger partial charge in [-0.15, -0.1) is 5.10 Å². The molecular weight excluding hydrogens is 400 g/mol. The van der Waals surface area contributed by atoms with Crippen LogP contribution >= 0.6 is 0 Å². The van der Waals surface area contributed by atoms with Crippen molar-refractivity contribution in [3.63, 3.8) is 0 Å². The lowest BCUT2D eigenvalue weighted by Crippen LogP contribution is -2.50. The largest absolute Gasteiger partial charge is 0.390 e. The van der Waals surface area contributed by atoms with Crippen LogP contribution in [0.3, 0.4) is 0 Å². The zero-order valence-corrected chi connectivity index (χ0v) is 18.4. The van der Waals surface area contributed by atoms with Crippen LogP contribution in [0.15, 0.2) is 36.7 Å². The normalized spacial score (nSPS) is 31.6. The van der Waals surface area contributed by atoms with Crippen LogP contribution in [-0.4, -0.2) is 43.3 Å². The van der Waals surface area contributed by atoms with Crippen LogP contribution < -0.4 is 4.90 Å². The van der Waals surface area contributed by atoms with Crippen molar-refractivity contribution in [1.82, 2.24) is 20.0 Å². The van der Waals surface area contributed by atoms with E-state index in [-0.39, 0.29) is 16.2 Å². The summed E-state index contributed by atoms with van der Waals surface area (Å²) < 4.78 is 1.91. The number of benzene rings is 1. The van der Waals surface area contributed by atoms with Crippen LogP contribution in [0.5, 0.6) is 0 Å². The molecule has 3 aromatic rings. The van der Waals surface area contributed by atoms with Crippen molar-refractivity contribution >= 4 is 16.7 Å². The molecule has 32 heavy (non-hydrogen) atoms. The van der Waals surface area contributed by atoms with E-state index in [1.165, 1.54) is 12.8 Å². The third-order valence-electron chi connectivity index (χ3n) is 9.12. The van der Waals surface area contributed by atoms with E-state index in [9.17, 15) is 10.4 Å². The Kier molecular flexibility index (Phi) is 3.19. The Morgan fingerprint density at radius 1 is 1.19 bits per heavy atom. The van der Waals surface area contributed by atoms with Gasteiger partial charge in [0.25, 0.3) is 0 Å². The Hall–Kier alpha value is -2.98. The molecule has 1 aromatic carbocycles. The maximum absolute atomic E-state index is 10.7. The summed E-state index contributed by atoms with van der Waals surface area (Å²) in [6, 6.07) is 11.4. The minimum Gasteiger partial charge on any atom is -0.390 e. The van der Waals surface area contributed by atoms with Crippen molar-refractivity contribution < 1.29 is 5.11 Å². The van der Waals surface area contributed by atoms with E-state index >= 15 is 0 Å². The Morgan fingerprint density at radius 2 is 2.00 bits per heavy atom. The van der Waals surface area contributed by atoms with Gasteiger partial charge in [-0.05, 0) is 63.0 Å². The second-order valence-electron chi connectivity index (χ2n) is 11.1. The lowest BCUT2D eigenvalue weighted by Gasteiger charge is -2.45. The molecule has 5 aliphatic rings. The highest BCUT2D eigenvalue weighted by molar-refractivity contribution is 5.82. The first-order valence-electron chi connectivity index (χ1n) is 11.5. The quantitative estimate of drug-likeness (QED) is 0.687. The van der Waals surface area contributed by atoms with Crippen LogP contribution in [0.4, 0.5) is 5.82 Å². The third kappa shape index (κ3) is 2.16. The molecule has 0 radical (unpaired) electrons. The van der Waals surface area contributed by atoms with Gasteiger partial charge in [0.05, 0.1) is 40.7 Å². The second kappa shape index (κ2) is 5.49. The topological polar surface area (TPSA) is 90.9 Å². The monoisotopic (exact) mass is 426 g/mol. The van der Waals surface area contributed by atoms with Crippen molar-refractivity contribution in [2.45, 2.75) is 63.0 Å². The molecule has 0 unspecified atom stereocenters. The fourth-order valence-corrected chi connectivity index (χ4v) is 6.55. The molecule has 7 heteroatoms. The molecule has 1 atom stereocenters. The number of aromatic nitrogens is 4. The van der Waals surface area contributed by atoms with Gasteiger partial charge in [0, 0.05) is 29.5 Å². The number of hydrogen-bond acceptors (Lipinski definition) is 6. The maximum atomic E-state index is 10.7. The van der Waals surface area contributed by atoms with Gasteiger partial charge in [0.15, 0.2) is 5.82 Å². The van der Waals surface area contributed by atoms with E-state index in [0.29, 0.717) is 6.04 Å². The summed E-state index contributed by atoms with van der Waals surface area (Å²) in [4.78, 5) is 2.29. The van der Waals surface area contributed by atoms with E-state index in [0.717, 1.165) is 53.8 Å². The van der Waals surface area contributed by atoms with Crippen molar-refractivity contribution in [3.05, 3.63) is 42.2 Å². The van der Waals surface area contributed by atoms with Crippen LogP contribution in [0.1, 0.15) is 51.5 Å². The number of hydrogen-bond donors (Lipinski definition) is 1. The highest BCUT2D eigenvalue weighted by atomic mass is 16.3. The Balaban J connectivity index is 1.26. The van der Waals surface area contributed by atoms with E-state index in [1.807, 2.05) is 30.8 Å². The number of anilines is 1. The maximum Gasteiger partial charge on any atom is 0.153 e. The van der Waals surface area contributed by atoms with Crippen LogP contribution in [-0.2, 0) is 5.41 Å². The molecule has 3 aliphatic carbocycles. The van der Waals surface area contributed by atoms with E-state index < -0.39 is 5.60 Å². The lowest BCUT2D eigenvalue weighted by atomic mass is 9.61. The summed E-state index contributed by atoms with van der Waals surface area (Å²) in [5.41, 5.74) is 2.14. The minimum absolute atomic E-state index is 0.0582. The molecule has 5 fully saturated rings.